The van der Waals surface area contributed by atoms with E-state index in [1.807, 2.05) is 36.7 Å². The Labute approximate surface area is 184 Å². The van der Waals surface area contributed by atoms with Crippen molar-refractivity contribution < 1.29 is 4.79 Å². The Morgan fingerprint density at radius 2 is 1.97 bits per heavy atom. The number of hydrogen-bond acceptors (Lipinski definition) is 5. The number of anilines is 1. The molecule has 3 heterocycles. The van der Waals surface area contributed by atoms with E-state index in [1.54, 1.807) is 6.20 Å². The van der Waals surface area contributed by atoms with Crippen LogP contribution in [0.25, 0.3) is 17.3 Å². The van der Waals surface area contributed by atoms with Crippen molar-refractivity contribution in [2.45, 2.75) is 33.6 Å². The number of aryl methyl sites for hydroxylation is 2. The predicted octanol–water partition coefficient (Wildman–Crippen LogP) is 4.01. The molecule has 1 fully saturated rings. The lowest BCUT2D eigenvalue weighted by molar-refractivity contribution is -0.113. The SMILES string of the molecule is CCC(=O)/C(=C\c1ccc(N2CCCN(C)CC2)cc1C)c1cn2cc(C)ncc2n1. The van der Waals surface area contributed by atoms with E-state index >= 15 is 0 Å². The van der Waals surface area contributed by atoms with E-state index in [9.17, 15) is 4.79 Å². The minimum atomic E-state index is 0.0899. The number of Topliss-reactive ketones (excluding diaryl/α,β-unsaturated/α-hetero) is 1. The van der Waals surface area contributed by atoms with Gasteiger partial charge in [0.25, 0.3) is 0 Å². The summed E-state index contributed by atoms with van der Waals surface area (Å²) in [6.45, 7) is 10.3. The summed E-state index contributed by atoms with van der Waals surface area (Å²) in [7, 11) is 2.19. The van der Waals surface area contributed by atoms with Gasteiger partial charge >= 0.3 is 0 Å². The zero-order valence-corrected chi connectivity index (χ0v) is 18.9. The number of imidazole rings is 1. The van der Waals surface area contributed by atoms with Gasteiger partial charge in [-0.1, -0.05) is 13.0 Å². The van der Waals surface area contributed by atoms with Gasteiger partial charge in [-0.2, -0.15) is 0 Å². The van der Waals surface area contributed by atoms with Crippen LogP contribution in [0, 0.1) is 13.8 Å². The zero-order valence-electron chi connectivity index (χ0n) is 18.9. The summed E-state index contributed by atoms with van der Waals surface area (Å²) in [6, 6.07) is 6.54. The van der Waals surface area contributed by atoms with Crippen molar-refractivity contribution in [1.82, 2.24) is 19.3 Å². The third-order valence-corrected chi connectivity index (χ3v) is 6.01. The number of fused-ring (bicyclic) bond motifs is 1. The Kier molecular flexibility index (Phi) is 6.18. The molecule has 3 aromatic rings. The fourth-order valence-electron chi connectivity index (χ4n) is 4.10. The first-order valence-corrected chi connectivity index (χ1v) is 11.1. The van der Waals surface area contributed by atoms with Gasteiger partial charge in [0.05, 0.1) is 17.6 Å². The Morgan fingerprint density at radius 1 is 1.13 bits per heavy atom. The molecule has 1 aromatic carbocycles. The lowest BCUT2D eigenvalue weighted by Crippen LogP contribution is -2.28. The van der Waals surface area contributed by atoms with Gasteiger partial charge in [0.1, 0.15) is 0 Å². The number of carbonyl (C=O) groups is 1. The number of nitrogens with zero attached hydrogens (tertiary/aromatic N) is 5. The molecule has 0 amide bonds. The van der Waals surface area contributed by atoms with Gasteiger partial charge in [0.15, 0.2) is 11.4 Å². The van der Waals surface area contributed by atoms with Crippen molar-refractivity contribution in [3.05, 3.63) is 59.3 Å². The molecule has 0 spiro atoms. The summed E-state index contributed by atoms with van der Waals surface area (Å²) >= 11 is 0. The first kappa shape index (κ1) is 21.2. The third kappa shape index (κ3) is 4.69. The second-order valence-corrected chi connectivity index (χ2v) is 8.44. The summed E-state index contributed by atoms with van der Waals surface area (Å²) < 4.78 is 1.93. The number of allylic oxidation sites excluding steroid dienone is 1. The van der Waals surface area contributed by atoms with E-state index in [0.717, 1.165) is 48.6 Å². The van der Waals surface area contributed by atoms with Gasteiger partial charge in [-0.3, -0.25) is 9.78 Å². The largest absolute Gasteiger partial charge is 0.370 e. The summed E-state index contributed by atoms with van der Waals surface area (Å²) in [5.74, 6) is 0.0899. The van der Waals surface area contributed by atoms with Crippen LogP contribution in [0.5, 0.6) is 0 Å². The Morgan fingerprint density at radius 3 is 2.74 bits per heavy atom. The highest BCUT2D eigenvalue weighted by Crippen LogP contribution is 2.26. The topological polar surface area (TPSA) is 53.7 Å². The van der Waals surface area contributed by atoms with Crippen molar-refractivity contribution in [3.63, 3.8) is 0 Å². The first-order valence-electron chi connectivity index (χ1n) is 11.1. The maximum absolute atomic E-state index is 12.8. The van der Waals surface area contributed by atoms with Crippen molar-refractivity contribution in [3.8, 4) is 0 Å². The van der Waals surface area contributed by atoms with Gasteiger partial charge in [-0.15, -0.1) is 0 Å². The molecule has 6 heteroatoms. The smallest absolute Gasteiger partial charge is 0.164 e. The number of benzene rings is 1. The highest BCUT2D eigenvalue weighted by Gasteiger charge is 2.16. The molecule has 0 radical (unpaired) electrons. The predicted molar refractivity (Wildman–Crippen MR) is 126 cm³/mol. The van der Waals surface area contributed by atoms with Gasteiger partial charge in [0, 0.05) is 49.7 Å². The van der Waals surface area contributed by atoms with Crippen molar-refractivity contribution >= 4 is 28.8 Å². The molecule has 4 rings (SSSR count). The van der Waals surface area contributed by atoms with Crippen molar-refractivity contribution in [2.75, 3.05) is 38.1 Å². The average Bonchev–Trinajstić information content (AvgIpc) is 3.04. The van der Waals surface area contributed by atoms with Crippen LogP contribution < -0.4 is 4.90 Å². The standard InChI is InChI=1S/C25H31N5O/c1-5-24(31)22(23-17-30-16-19(3)26-15-25(30)27-23)14-20-7-8-21(13-18(20)2)29-10-6-9-28(4)11-12-29/h7-8,13-17H,5-6,9-12H2,1-4H3/b22-14-. The Balaban J connectivity index is 1.68. The maximum atomic E-state index is 12.8. The second-order valence-electron chi connectivity index (χ2n) is 8.44. The molecule has 0 saturated carbocycles. The highest BCUT2D eigenvalue weighted by molar-refractivity contribution is 6.24. The van der Waals surface area contributed by atoms with Crippen LogP contribution in [-0.4, -0.2) is 58.3 Å². The second kappa shape index (κ2) is 9.02. The number of aromatic nitrogens is 3. The van der Waals surface area contributed by atoms with E-state index in [2.05, 4.69) is 51.9 Å². The molecule has 0 atom stereocenters. The lowest BCUT2D eigenvalue weighted by Gasteiger charge is -2.23. The molecule has 162 valence electrons. The van der Waals surface area contributed by atoms with Crippen LogP contribution in [0.15, 0.2) is 36.8 Å². The molecule has 1 aliphatic heterocycles. The number of hydrogen-bond donors (Lipinski definition) is 0. The fraction of sp³-hybridized carbons (Fsp3) is 0.400. The number of ketones is 1. The number of rotatable bonds is 5. The Hall–Kier alpha value is -2.99. The fourth-order valence-corrected chi connectivity index (χ4v) is 4.10. The molecule has 2 aromatic heterocycles. The van der Waals surface area contributed by atoms with Crippen LogP contribution in [0.1, 0.15) is 42.3 Å². The van der Waals surface area contributed by atoms with E-state index in [-0.39, 0.29) is 5.78 Å². The van der Waals surface area contributed by atoms with E-state index in [0.29, 0.717) is 17.7 Å². The number of likely N-dealkylation sites (N-methyl/N-ethyl adjacent to an activating group) is 1. The van der Waals surface area contributed by atoms with Gasteiger partial charge < -0.3 is 14.2 Å². The van der Waals surface area contributed by atoms with Gasteiger partial charge in [-0.25, -0.2) is 4.98 Å². The molecule has 0 unspecified atom stereocenters. The first-order chi connectivity index (χ1) is 14.9. The minimum absolute atomic E-state index is 0.0899. The summed E-state index contributed by atoms with van der Waals surface area (Å²) in [4.78, 5) is 26.6. The molecule has 0 bridgehead atoms. The molecular formula is C25H31N5O. The molecule has 6 nitrogen and oxygen atoms in total. The molecule has 31 heavy (non-hydrogen) atoms. The number of carbonyl (C=O) groups excluding carboxylic acids is 1. The van der Waals surface area contributed by atoms with E-state index in [4.69, 9.17) is 0 Å². The highest BCUT2D eigenvalue weighted by atomic mass is 16.1. The average molecular weight is 418 g/mol. The van der Waals surface area contributed by atoms with Crippen LogP contribution in [-0.2, 0) is 4.79 Å². The maximum Gasteiger partial charge on any atom is 0.164 e. The van der Waals surface area contributed by atoms with Gasteiger partial charge in [-0.05, 0) is 63.2 Å². The minimum Gasteiger partial charge on any atom is -0.370 e. The van der Waals surface area contributed by atoms with E-state index < -0.39 is 0 Å². The van der Waals surface area contributed by atoms with Crippen LogP contribution in [0.4, 0.5) is 5.69 Å². The molecule has 1 saturated heterocycles. The van der Waals surface area contributed by atoms with Gasteiger partial charge in [0.2, 0.25) is 0 Å². The van der Waals surface area contributed by atoms with E-state index in [1.165, 1.54) is 12.1 Å². The molecule has 1 aliphatic rings. The summed E-state index contributed by atoms with van der Waals surface area (Å²) in [5, 5.41) is 0. The zero-order chi connectivity index (χ0) is 22.0. The quantitative estimate of drug-likeness (QED) is 0.587. The third-order valence-electron chi connectivity index (χ3n) is 6.01. The monoisotopic (exact) mass is 417 g/mol. The van der Waals surface area contributed by atoms with Crippen molar-refractivity contribution in [2.24, 2.45) is 0 Å². The molecule has 0 aliphatic carbocycles. The lowest BCUT2D eigenvalue weighted by atomic mass is 9.99. The van der Waals surface area contributed by atoms with Crippen molar-refractivity contribution in [1.29, 1.82) is 0 Å². The van der Waals surface area contributed by atoms with Crippen LogP contribution >= 0.6 is 0 Å². The van der Waals surface area contributed by atoms with Crippen LogP contribution in [0.3, 0.4) is 0 Å². The summed E-state index contributed by atoms with van der Waals surface area (Å²) in [5.41, 5.74) is 6.47. The summed E-state index contributed by atoms with van der Waals surface area (Å²) in [6.07, 6.45) is 9.19. The Bertz CT molecular complexity index is 1130. The molecule has 0 N–H and O–H groups in total. The normalized spacial score (nSPS) is 16.0. The molecular weight excluding hydrogens is 386 g/mol. The van der Waals surface area contributed by atoms with Crippen LogP contribution in [0.2, 0.25) is 0 Å².